The zero-order chi connectivity index (χ0) is 67.5. The Morgan fingerprint density at radius 2 is 0.581 bits per heavy atom. The number of hydrogen-bond donors (Lipinski definition) is 0. The average molecular weight is 1290 g/mol. The number of quaternary nitrogens is 1. The minimum atomic E-state index is -1.63. The van der Waals surface area contributed by atoms with E-state index >= 15 is 0 Å². The van der Waals surface area contributed by atoms with Gasteiger partial charge in [0.25, 0.3) is 0 Å². The van der Waals surface area contributed by atoms with Gasteiger partial charge >= 0.3 is 11.9 Å². The van der Waals surface area contributed by atoms with Crippen LogP contribution in [0.3, 0.4) is 0 Å². The molecule has 0 saturated heterocycles. The van der Waals surface area contributed by atoms with E-state index in [4.69, 9.17) is 18.9 Å². The van der Waals surface area contributed by atoms with Crippen molar-refractivity contribution in [3.8, 4) is 0 Å². The van der Waals surface area contributed by atoms with Gasteiger partial charge in [-0.25, -0.2) is 0 Å². The SMILES string of the molecule is CC/C=C\C/C=C\C/C=C\C/C=C\C/C=C\C/C=C\C/C=C\C/C=C\CCCCCCCCCCC(=O)OC(COC(=O)CCCCCCCCCCCCCCCCCC/C=C\C/C=C\C/C=C\C/C=C\C/C=C\C/C=C\CC)COC(OCC[N+](C)(C)C)C(=O)[O-]. The van der Waals surface area contributed by atoms with Crippen molar-refractivity contribution in [1.82, 2.24) is 0 Å². The standard InChI is InChI=1S/C84H137NO8/c1-6-8-10-12-14-16-18-20-22-24-26-28-30-32-34-36-38-40-41-43-44-46-48-50-52-54-56-58-60-62-64-66-68-70-72-74-81(86)91-78-80(79-92-84(83(88)89)90-77-76-85(3,4)5)93-82(87)75-73-71-69-67-65-63-61-59-57-55-53-51-49-47-45-42-39-37-35-33-31-29-27-25-23-21-19-17-15-13-11-9-7-2/h8-11,14-17,20-23,26-29,32-35,38-40,42,47,49,53,55,80,84H,6-7,12-13,18-19,24-25,30-31,36-37,41,43-46,48,50-52,54,56-79H2,1-5H3/b10-8-,11-9-,16-14-,17-15-,22-20-,23-21-,28-26-,29-27-,34-32-,35-33-,40-38-,42-39-,49-47-,55-53-. The summed E-state index contributed by atoms with van der Waals surface area (Å²) in [6.07, 6.45) is 106. The highest BCUT2D eigenvalue weighted by atomic mass is 16.7. The van der Waals surface area contributed by atoms with Crippen molar-refractivity contribution in [3.63, 3.8) is 0 Å². The van der Waals surface area contributed by atoms with Gasteiger partial charge in [0.15, 0.2) is 12.4 Å². The number of nitrogens with zero attached hydrogens (tertiary/aromatic N) is 1. The van der Waals surface area contributed by atoms with Crippen LogP contribution < -0.4 is 5.11 Å². The Balaban J connectivity index is 4.14. The number of ether oxygens (including phenoxy) is 4. The Kier molecular flexibility index (Phi) is 68.3. The fourth-order valence-corrected chi connectivity index (χ4v) is 9.85. The number of aliphatic carboxylic acids is 1. The number of carbonyl (C=O) groups is 3. The first-order valence-electron chi connectivity index (χ1n) is 37.3. The lowest BCUT2D eigenvalue weighted by molar-refractivity contribution is -0.870. The summed E-state index contributed by atoms with van der Waals surface area (Å²) in [7, 11) is 5.92. The van der Waals surface area contributed by atoms with Crippen molar-refractivity contribution >= 4 is 17.9 Å². The molecule has 0 aliphatic carbocycles. The summed E-state index contributed by atoms with van der Waals surface area (Å²) < 4.78 is 22.8. The predicted octanol–water partition coefficient (Wildman–Crippen LogP) is 22.5. The molecule has 0 aromatic heterocycles. The van der Waals surface area contributed by atoms with Crippen molar-refractivity contribution in [3.05, 3.63) is 170 Å². The molecule has 0 radical (unpaired) electrons. The summed E-state index contributed by atoms with van der Waals surface area (Å²) in [6.45, 7) is 4.51. The van der Waals surface area contributed by atoms with Crippen LogP contribution in [0, 0.1) is 0 Å². The van der Waals surface area contributed by atoms with Gasteiger partial charge in [-0.3, -0.25) is 9.59 Å². The van der Waals surface area contributed by atoms with Crippen LogP contribution >= 0.6 is 0 Å². The number of unbranched alkanes of at least 4 members (excludes halogenated alkanes) is 24. The number of esters is 2. The smallest absolute Gasteiger partial charge is 0.306 e. The Bertz CT molecular complexity index is 2140. The first-order valence-corrected chi connectivity index (χ1v) is 37.3. The number of carbonyl (C=O) groups excluding carboxylic acids is 3. The van der Waals surface area contributed by atoms with Gasteiger partial charge in [-0.2, -0.15) is 0 Å². The second kappa shape index (κ2) is 72.5. The Labute approximate surface area is 571 Å². The predicted molar refractivity (Wildman–Crippen MR) is 398 cm³/mol. The normalized spacial score (nSPS) is 13.7. The third-order valence-electron chi connectivity index (χ3n) is 15.5. The first kappa shape index (κ1) is 87.7. The third-order valence-corrected chi connectivity index (χ3v) is 15.5. The van der Waals surface area contributed by atoms with Gasteiger partial charge in [0.2, 0.25) is 0 Å². The quantitative estimate of drug-likeness (QED) is 0.0195. The molecule has 9 heteroatoms. The summed E-state index contributed by atoms with van der Waals surface area (Å²) in [6, 6.07) is 0. The fourth-order valence-electron chi connectivity index (χ4n) is 9.85. The fraction of sp³-hybridized carbons (Fsp3) is 0.631. The maximum atomic E-state index is 13.0. The van der Waals surface area contributed by atoms with Gasteiger partial charge in [-0.15, -0.1) is 0 Å². The lowest BCUT2D eigenvalue weighted by Gasteiger charge is -2.26. The van der Waals surface area contributed by atoms with Crippen molar-refractivity contribution in [2.24, 2.45) is 0 Å². The van der Waals surface area contributed by atoms with E-state index in [9.17, 15) is 19.5 Å². The molecule has 526 valence electrons. The molecule has 0 saturated carbocycles. The number of hydrogen-bond acceptors (Lipinski definition) is 8. The molecule has 0 aromatic carbocycles. The van der Waals surface area contributed by atoms with Crippen molar-refractivity contribution in [1.29, 1.82) is 0 Å². The van der Waals surface area contributed by atoms with Crippen LogP contribution in [0.25, 0.3) is 0 Å². The number of rotatable bonds is 67. The van der Waals surface area contributed by atoms with E-state index in [1.54, 1.807) is 0 Å². The second-order valence-corrected chi connectivity index (χ2v) is 25.5. The van der Waals surface area contributed by atoms with E-state index in [2.05, 4.69) is 184 Å². The summed E-state index contributed by atoms with van der Waals surface area (Å²) in [5, 5.41) is 11.8. The van der Waals surface area contributed by atoms with Crippen LogP contribution in [0.1, 0.15) is 284 Å². The molecule has 0 spiro atoms. The Morgan fingerprint density at radius 3 is 0.860 bits per heavy atom. The van der Waals surface area contributed by atoms with Crippen LogP contribution in [-0.2, 0) is 33.3 Å². The lowest BCUT2D eigenvalue weighted by Crippen LogP contribution is -2.44. The molecule has 2 unspecified atom stereocenters. The first-order chi connectivity index (χ1) is 45.6. The summed E-state index contributed by atoms with van der Waals surface area (Å²) in [5.74, 6) is -2.30. The average Bonchev–Trinajstić information content (AvgIpc) is 3.74. The summed E-state index contributed by atoms with van der Waals surface area (Å²) in [4.78, 5) is 37.6. The molecule has 93 heavy (non-hydrogen) atoms. The highest BCUT2D eigenvalue weighted by Gasteiger charge is 2.22. The van der Waals surface area contributed by atoms with Gasteiger partial charge in [0.05, 0.1) is 40.3 Å². The van der Waals surface area contributed by atoms with E-state index in [1.807, 2.05) is 21.1 Å². The van der Waals surface area contributed by atoms with E-state index in [0.29, 0.717) is 17.4 Å². The van der Waals surface area contributed by atoms with Crippen molar-refractivity contribution in [2.45, 2.75) is 296 Å². The van der Waals surface area contributed by atoms with Crippen LogP contribution in [0.2, 0.25) is 0 Å². The van der Waals surface area contributed by atoms with Gasteiger partial charge in [0.1, 0.15) is 13.2 Å². The molecule has 0 heterocycles. The highest BCUT2D eigenvalue weighted by molar-refractivity contribution is 5.70. The molecule has 0 bridgehead atoms. The van der Waals surface area contributed by atoms with Gasteiger partial charge in [-0.05, 0) is 128 Å². The molecule has 0 fully saturated rings. The molecule has 0 N–H and O–H groups in total. The number of likely N-dealkylation sites (N-methyl/N-ethyl adjacent to an activating group) is 1. The number of carboxylic acids is 1. The van der Waals surface area contributed by atoms with Crippen LogP contribution in [0.5, 0.6) is 0 Å². The van der Waals surface area contributed by atoms with Gasteiger partial charge in [-0.1, -0.05) is 312 Å². The molecular weight excluding hydrogens is 1150 g/mol. The molecule has 0 aliphatic heterocycles. The number of carboxylic acid groups (broad SMARTS) is 1. The van der Waals surface area contributed by atoms with E-state index in [1.165, 1.54) is 116 Å². The Hall–Kier alpha value is -5.35. The Morgan fingerprint density at radius 1 is 0.323 bits per heavy atom. The maximum absolute atomic E-state index is 13.0. The highest BCUT2D eigenvalue weighted by Crippen LogP contribution is 2.17. The van der Waals surface area contributed by atoms with E-state index in [0.717, 1.165) is 135 Å². The largest absolute Gasteiger partial charge is 0.545 e. The van der Waals surface area contributed by atoms with E-state index in [-0.39, 0.29) is 38.6 Å². The molecule has 9 nitrogen and oxygen atoms in total. The maximum Gasteiger partial charge on any atom is 0.306 e. The monoisotopic (exact) mass is 1290 g/mol. The molecular formula is C84H137NO8. The molecule has 0 amide bonds. The zero-order valence-corrected chi connectivity index (χ0v) is 60.1. The second-order valence-electron chi connectivity index (χ2n) is 25.5. The van der Waals surface area contributed by atoms with Crippen LogP contribution in [-0.4, -0.2) is 82.3 Å². The van der Waals surface area contributed by atoms with Gasteiger partial charge in [0, 0.05) is 12.8 Å². The topological polar surface area (TPSA) is 111 Å². The summed E-state index contributed by atoms with van der Waals surface area (Å²) >= 11 is 0. The molecule has 0 rings (SSSR count). The minimum Gasteiger partial charge on any atom is -0.545 e. The third kappa shape index (κ3) is 73.9. The zero-order valence-electron chi connectivity index (χ0n) is 60.1. The van der Waals surface area contributed by atoms with E-state index < -0.39 is 24.3 Å². The molecule has 0 aromatic rings. The lowest BCUT2D eigenvalue weighted by atomic mass is 10.0. The molecule has 0 aliphatic rings. The van der Waals surface area contributed by atoms with Crippen LogP contribution in [0.15, 0.2) is 170 Å². The summed E-state index contributed by atoms with van der Waals surface area (Å²) in [5.41, 5.74) is 0. The number of allylic oxidation sites excluding steroid dienone is 28. The van der Waals surface area contributed by atoms with Gasteiger partial charge < -0.3 is 33.3 Å². The van der Waals surface area contributed by atoms with Crippen molar-refractivity contribution in [2.75, 3.05) is 47.5 Å². The molecule has 2 atom stereocenters. The minimum absolute atomic E-state index is 0.138. The van der Waals surface area contributed by atoms with Crippen LogP contribution in [0.4, 0.5) is 0 Å². The van der Waals surface area contributed by atoms with Crippen molar-refractivity contribution < 1.29 is 42.9 Å².